The Morgan fingerprint density at radius 1 is 1.18 bits per heavy atom. The third-order valence-electron chi connectivity index (χ3n) is 2.36. The molecule has 0 aliphatic carbocycles. The Bertz CT molecular complexity index is 676. The van der Waals surface area contributed by atoms with Gasteiger partial charge < -0.3 is 5.73 Å². The smallest absolute Gasteiger partial charge is 0.143 e. The Morgan fingerprint density at radius 2 is 2.06 bits per heavy atom. The van der Waals surface area contributed by atoms with E-state index in [1.54, 1.807) is 18.3 Å². The van der Waals surface area contributed by atoms with Gasteiger partial charge in [0.1, 0.15) is 10.8 Å². The second-order valence-electron chi connectivity index (χ2n) is 3.61. The maximum absolute atomic E-state index is 13.0. The zero-order chi connectivity index (χ0) is 11.8. The molecule has 0 aliphatic heterocycles. The first-order valence-electron chi connectivity index (χ1n) is 5.00. The number of pyridine rings is 1. The van der Waals surface area contributed by atoms with Crippen LogP contribution in [0.1, 0.15) is 0 Å². The van der Waals surface area contributed by atoms with E-state index in [0.717, 1.165) is 15.4 Å². The third kappa shape index (κ3) is 1.85. The summed E-state index contributed by atoms with van der Waals surface area (Å²) < 4.78 is 14.0. The first-order chi connectivity index (χ1) is 8.22. The van der Waals surface area contributed by atoms with Crippen LogP contribution in [-0.2, 0) is 0 Å². The molecule has 1 aromatic carbocycles. The Hall–Kier alpha value is -2.01. The molecule has 3 aromatic rings. The van der Waals surface area contributed by atoms with Crippen molar-refractivity contribution in [3.05, 3.63) is 42.3 Å². The molecule has 0 saturated carbocycles. The number of rotatable bonds is 1. The van der Waals surface area contributed by atoms with Crippen LogP contribution in [0.2, 0.25) is 0 Å². The maximum Gasteiger partial charge on any atom is 0.143 e. The summed E-state index contributed by atoms with van der Waals surface area (Å²) in [4.78, 5) is 8.54. The van der Waals surface area contributed by atoms with Crippen LogP contribution in [0.3, 0.4) is 0 Å². The van der Waals surface area contributed by atoms with Gasteiger partial charge in [0.05, 0.1) is 27.8 Å². The van der Waals surface area contributed by atoms with Crippen LogP contribution in [-0.4, -0.2) is 9.97 Å². The summed E-state index contributed by atoms with van der Waals surface area (Å²) in [6, 6.07) is 8.16. The first-order valence-corrected chi connectivity index (χ1v) is 5.82. The van der Waals surface area contributed by atoms with Gasteiger partial charge in [-0.1, -0.05) is 0 Å². The van der Waals surface area contributed by atoms with Gasteiger partial charge in [0.2, 0.25) is 0 Å². The van der Waals surface area contributed by atoms with Crippen molar-refractivity contribution in [3.8, 4) is 10.7 Å². The fraction of sp³-hybridized carbons (Fsp3) is 0. The zero-order valence-corrected chi connectivity index (χ0v) is 9.54. The molecule has 0 atom stereocenters. The molecule has 5 heteroatoms. The predicted molar refractivity (Wildman–Crippen MR) is 67.2 cm³/mol. The summed E-state index contributed by atoms with van der Waals surface area (Å²) in [5, 5.41) is 0.769. The van der Waals surface area contributed by atoms with Crippen molar-refractivity contribution in [2.45, 2.75) is 0 Å². The highest BCUT2D eigenvalue weighted by Crippen LogP contribution is 2.29. The van der Waals surface area contributed by atoms with E-state index < -0.39 is 0 Å². The van der Waals surface area contributed by atoms with E-state index in [1.807, 2.05) is 6.07 Å². The standard InChI is InChI=1S/C12H8FN3S/c13-7-1-4-11-10(5-7)16-12(17-11)9-3-2-8(14)6-15-9/h1-6H,14H2. The molecule has 0 saturated heterocycles. The fourth-order valence-corrected chi connectivity index (χ4v) is 2.46. The highest BCUT2D eigenvalue weighted by atomic mass is 32.1. The predicted octanol–water partition coefficient (Wildman–Crippen LogP) is 3.08. The molecule has 0 aliphatic rings. The molecule has 2 aromatic heterocycles. The van der Waals surface area contributed by atoms with Gasteiger partial charge in [-0.15, -0.1) is 11.3 Å². The number of nitrogens with two attached hydrogens (primary N) is 1. The van der Waals surface area contributed by atoms with E-state index in [4.69, 9.17) is 5.73 Å². The average Bonchev–Trinajstić information content (AvgIpc) is 2.72. The van der Waals surface area contributed by atoms with Gasteiger partial charge in [-0.3, -0.25) is 4.98 Å². The lowest BCUT2D eigenvalue weighted by Crippen LogP contribution is -1.87. The quantitative estimate of drug-likeness (QED) is 0.716. The molecule has 84 valence electrons. The van der Waals surface area contributed by atoms with Crippen molar-refractivity contribution in [1.29, 1.82) is 0 Å². The Labute approximate surface area is 101 Å². The number of anilines is 1. The summed E-state index contributed by atoms with van der Waals surface area (Å²) in [6.45, 7) is 0. The number of hydrogen-bond donors (Lipinski definition) is 1. The van der Waals surface area contributed by atoms with Crippen molar-refractivity contribution < 1.29 is 4.39 Å². The topological polar surface area (TPSA) is 51.8 Å². The van der Waals surface area contributed by atoms with Crippen LogP contribution in [0.5, 0.6) is 0 Å². The summed E-state index contributed by atoms with van der Waals surface area (Å²) in [6.07, 6.45) is 1.59. The number of hydrogen-bond acceptors (Lipinski definition) is 4. The van der Waals surface area contributed by atoms with E-state index >= 15 is 0 Å². The summed E-state index contributed by atoms with van der Waals surface area (Å²) >= 11 is 1.48. The second kappa shape index (κ2) is 3.78. The molecule has 0 unspecified atom stereocenters. The van der Waals surface area contributed by atoms with Crippen molar-refractivity contribution >= 4 is 27.2 Å². The van der Waals surface area contributed by atoms with Crippen molar-refractivity contribution in [3.63, 3.8) is 0 Å². The largest absolute Gasteiger partial charge is 0.397 e. The maximum atomic E-state index is 13.0. The van der Waals surface area contributed by atoms with Gasteiger partial charge >= 0.3 is 0 Å². The van der Waals surface area contributed by atoms with Gasteiger partial charge in [-0.2, -0.15) is 0 Å². The highest BCUT2D eigenvalue weighted by Gasteiger charge is 2.07. The molecule has 2 heterocycles. The SMILES string of the molecule is Nc1ccc(-c2nc3cc(F)ccc3s2)nc1. The molecule has 3 nitrogen and oxygen atoms in total. The molecule has 0 bridgehead atoms. The monoisotopic (exact) mass is 245 g/mol. The molecular weight excluding hydrogens is 237 g/mol. The number of benzene rings is 1. The zero-order valence-electron chi connectivity index (χ0n) is 8.72. The minimum atomic E-state index is -0.278. The Kier molecular flexibility index (Phi) is 2.26. The second-order valence-corrected chi connectivity index (χ2v) is 4.64. The van der Waals surface area contributed by atoms with Crippen LogP contribution in [0.15, 0.2) is 36.5 Å². The van der Waals surface area contributed by atoms with E-state index in [2.05, 4.69) is 9.97 Å². The van der Waals surface area contributed by atoms with Crippen LogP contribution < -0.4 is 5.73 Å². The molecule has 0 spiro atoms. The highest BCUT2D eigenvalue weighted by molar-refractivity contribution is 7.21. The van der Waals surface area contributed by atoms with Gasteiger partial charge in [0.25, 0.3) is 0 Å². The lowest BCUT2D eigenvalue weighted by Gasteiger charge is -1.94. The lowest BCUT2D eigenvalue weighted by atomic mass is 10.3. The molecule has 3 rings (SSSR count). The first kappa shape index (κ1) is 10.2. The average molecular weight is 245 g/mol. The Morgan fingerprint density at radius 3 is 2.82 bits per heavy atom. The fourth-order valence-electron chi connectivity index (χ4n) is 1.54. The van der Waals surface area contributed by atoms with Crippen LogP contribution in [0, 0.1) is 5.82 Å². The summed E-state index contributed by atoms with van der Waals surface area (Å²) in [7, 11) is 0. The van der Waals surface area contributed by atoms with E-state index in [9.17, 15) is 4.39 Å². The summed E-state index contributed by atoms with van der Waals surface area (Å²) in [5.74, 6) is -0.278. The van der Waals surface area contributed by atoms with Gasteiger partial charge in [-0.25, -0.2) is 9.37 Å². The number of nitrogens with zero attached hydrogens (tertiary/aromatic N) is 2. The van der Waals surface area contributed by atoms with Crippen molar-refractivity contribution in [2.24, 2.45) is 0 Å². The van der Waals surface area contributed by atoms with Crippen LogP contribution >= 0.6 is 11.3 Å². The molecule has 0 amide bonds. The van der Waals surface area contributed by atoms with E-state index in [0.29, 0.717) is 11.2 Å². The third-order valence-corrected chi connectivity index (χ3v) is 3.41. The minimum absolute atomic E-state index is 0.278. The van der Waals surface area contributed by atoms with Crippen LogP contribution in [0.4, 0.5) is 10.1 Å². The van der Waals surface area contributed by atoms with Crippen molar-refractivity contribution in [1.82, 2.24) is 9.97 Å². The van der Waals surface area contributed by atoms with Gasteiger partial charge in [0, 0.05) is 6.07 Å². The number of aromatic nitrogens is 2. The molecule has 0 fully saturated rings. The number of thiazole rings is 1. The number of halogens is 1. The number of fused-ring (bicyclic) bond motifs is 1. The molecule has 17 heavy (non-hydrogen) atoms. The molecule has 0 radical (unpaired) electrons. The Balaban J connectivity index is 2.14. The van der Waals surface area contributed by atoms with Crippen LogP contribution in [0.25, 0.3) is 20.9 Å². The van der Waals surface area contributed by atoms with E-state index in [1.165, 1.54) is 23.5 Å². The molecular formula is C12H8FN3S. The van der Waals surface area contributed by atoms with Crippen molar-refractivity contribution in [2.75, 3.05) is 5.73 Å². The number of nitrogen functional groups attached to an aromatic ring is 1. The van der Waals surface area contributed by atoms with Gasteiger partial charge in [0.15, 0.2) is 0 Å². The normalized spacial score (nSPS) is 10.9. The minimum Gasteiger partial charge on any atom is -0.397 e. The summed E-state index contributed by atoms with van der Waals surface area (Å²) in [5.41, 5.74) is 7.59. The van der Waals surface area contributed by atoms with E-state index in [-0.39, 0.29) is 5.82 Å². The molecule has 2 N–H and O–H groups in total. The van der Waals surface area contributed by atoms with Gasteiger partial charge in [-0.05, 0) is 24.3 Å². The lowest BCUT2D eigenvalue weighted by molar-refractivity contribution is 0.629.